The largest absolute Gasteiger partial charge is 0.497 e. The van der Waals surface area contributed by atoms with Gasteiger partial charge in [-0.1, -0.05) is 36.1 Å². The van der Waals surface area contributed by atoms with Gasteiger partial charge in [-0.15, -0.1) is 0 Å². The van der Waals surface area contributed by atoms with Crippen LogP contribution in [-0.2, 0) is 9.59 Å². The van der Waals surface area contributed by atoms with E-state index in [0.29, 0.717) is 18.0 Å². The van der Waals surface area contributed by atoms with Crippen LogP contribution >= 0.6 is 0 Å². The second-order valence-corrected chi connectivity index (χ2v) is 7.30. The van der Waals surface area contributed by atoms with Crippen LogP contribution in [0.15, 0.2) is 60.8 Å². The first-order valence-corrected chi connectivity index (χ1v) is 10.3. The highest BCUT2D eigenvalue weighted by Crippen LogP contribution is 2.28. The zero-order valence-electron chi connectivity index (χ0n) is 17.7. The van der Waals surface area contributed by atoms with Crippen LogP contribution in [0.2, 0.25) is 0 Å². The van der Waals surface area contributed by atoms with Crippen LogP contribution in [0.5, 0.6) is 11.5 Å². The van der Waals surface area contributed by atoms with Gasteiger partial charge in [-0.05, 0) is 24.3 Å². The van der Waals surface area contributed by atoms with Crippen LogP contribution in [0, 0.1) is 17.8 Å². The zero-order valence-corrected chi connectivity index (χ0v) is 17.7. The summed E-state index contributed by atoms with van der Waals surface area (Å²) in [5.74, 6) is 6.44. The lowest BCUT2D eigenvalue weighted by atomic mass is 10.1. The molecule has 7 nitrogen and oxygen atoms in total. The molecule has 1 unspecified atom stereocenters. The highest BCUT2D eigenvalue weighted by atomic mass is 16.5. The van der Waals surface area contributed by atoms with E-state index in [-0.39, 0.29) is 31.4 Å². The third-order valence-electron chi connectivity index (χ3n) is 5.23. The number of hydrogen-bond acceptors (Lipinski definition) is 5. The van der Waals surface area contributed by atoms with Gasteiger partial charge in [0, 0.05) is 36.3 Å². The molecular weight excluding hydrogens is 406 g/mol. The van der Waals surface area contributed by atoms with Crippen molar-refractivity contribution in [2.45, 2.75) is 6.42 Å². The molecule has 2 amide bonds. The van der Waals surface area contributed by atoms with Crippen molar-refractivity contribution in [1.82, 2.24) is 10.3 Å². The normalized spacial score (nSPS) is 15.2. The molecular formula is C25H23N3O4. The quantitative estimate of drug-likeness (QED) is 0.610. The lowest BCUT2D eigenvalue weighted by molar-refractivity contribution is -0.126. The van der Waals surface area contributed by atoms with Crippen molar-refractivity contribution in [2.75, 3.05) is 31.7 Å². The number of pyridine rings is 1. The third kappa shape index (κ3) is 4.81. The number of para-hydroxylation sites is 1. The van der Waals surface area contributed by atoms with Crippen molar-refractivity contribution in [3.05, 3.63) is 60.8 Å². The van der Waals surface area contributed by atoms with E-state index in [9.17, 15) is 9.59 Å². The van der Waals surface area contributed by atoms with Crippen molar-refractivity contribution in [2.24, 2.45) is 5.92 Å². The molecule has 1 aliphatic heterocycles. The Kier molecular flexibility index (Phi) is 6.52. The number of nitrogens with one attached hydrogen (secondary N) is 1. The van der Waals surface area contributed by atoms with Crippen molar-refractivity contribution in [1.29, 1.82) is 0 Å². The maximum atomic E-state index is 12.5. The molecule has 1 fully saturated rings. The number of rotatable bonds is 6. The van der Waals surface area contributed by atoms with Gasteiger partial charge in [0.2, 0.25) is 11.8 Å². The Morgan fingerprint density at radius 1 is 1.19 bits per heavy atom. The SMILES string of the molecule is COc1cccc(N2CC(C(=O)NCC#CCOc3cccc4cccnc34)CC2=O)c1. The van der Waals surface area contributed by atoms with E-state index >= 15 is 0 Å². The summed E-state index contributed by atoms with van der Waals surface area (Å²) < 4.78 is 10.9. The molecule has 0 aliphatic carbocycles. The van der Waals surface area contributed by atoms with Gasteiger partial charge >= 0.3 is 0 Å². The molecule has 32 heavy (non-hydrogen) atoms. The molecule has 1 aromatic heterocycles. The van der Waals surface area contributed by atoms with E-state index in [2.05, 4.69) is 22.1 Å². The molecule has 7 heteroatoms. The third-order valence-corrected chi connectivity index (χ3v) is 5.23. The minimum Gasteiger partial charge on any atom is -0.497 e. The summed E-state index contributed by atoms with van der Waals surface area (Å²) >= 11 is 0. The molecule has 1 saturated heterocycles. The fourth-order valence-electron chi connectivity index (χ4n) is 3.61. The zero-order chi connectivity index (χ0) is 22.3. The van der Waals surface area contributed by atoms with E-state index in [1.165, 1.54) is 0 Å². The molecule has 0 bridgehead atoms. The summed E-state index contributed by atoms with van der Waals surface area (Å²) in [6, 6.07) is 16.8. The maximum Gasteiger partial charge on any atom is 0.227 e. The second kappa shape index (κ2) is 9.84. The van der Waals surface area contributed by atoms with Crippen LogP contribution in [0.1, 0.15) is 6.42 Å². The number of fused-ring (bicyclic) bond motifs is 1. The number of aromatic nitrogens is 1. The lowest BCUT2D eigenvalue weighted by Gasteiger charge is -2.17. The van der Waals surface area contributed by atoms with Crippen LogP contribution in [-0.4, -0.2) is 43.6 Å². The van der Waals surface area contributed by atoms with Gasteiger partial charge < -0.3 is 19.7 Å². The summed E-state index contributed by atoms with van der Waals surface area (Å²) in [5.41, 5.74) is 1.51. The Hall–Kier alpha value is -4.05. The average Bonchev–Trinajstić information content (AvgIpc) is 3.23. The topological polar surface area (TPSA) is 80.8 Å². The van der Waals surface area contributed by atoms with Gasteiger partial charge in [0.15, 0.2) is 0 Å². The highest BCUT2D eigenvalue weighted by molar-refractivity contribution is 6.00. The predicted octanol–water partition coefficient (Wildman–Crippen LogP) is 2.79. The Morgan fingerprint density at radius 3 is 2.91 bits per heavy atom. The van der Waals surface area contributed by atoms with Crippen LogP contribution in [0.4, 0.5) is 5.69 Å². The van der Waals surface area contributed by atoms with E-state index in [0.717, 1.165) is 16.6 Å². The van der Waals surface area contributed by atoms with Crippen LogP contribution < -0.4 is 19.7 Å². The molecule has 4 rings (SSSR count). The monoisotopic (exact) mass is 429 g/mol. The van der Waals surface area contributed by atoms with E-state index in [1.54, 1.807) is 24.3 Å². The molecule has 1 atom stereocenters. The molecule has 0 saturated carbocycles. The van der Waals surface area contributed by atoms with E-state index < -0.39 is 5.92 Å². The Morgan fingerprint density at radius 2 is 2.03 bits per heavy atom. The van der Waals surface area contributed by atoms with E-state index in [4.69, 9.17) is 9.47 Å². The van der Waals surface area contributed by atoms with Crippen LogP contribution in [0.3, 0.4) is 0 Å². The number of benzene rings is 2. The highest BCUT2D eigenvalue weighted by Gasteiger charge is 2.35. The molecule has 1 N–H and O–H groups in total. The number of amides is 2. The summed E-state index contributed by atoms with van der Waals surface area (Å²) in [6.07, 6.45) is 1.90. The van der Waals surface area contributed by atoms with E-state index in [1.807, 2.05) is 48.5 Å². The van der Waals surface area contributed by atoms with Gasteiger partial charge in [0.25, 0.3) is 0 Å². The fourth-order valence-corrected chi connectivity index (χ4v) is 3.61. The first-order valence-electron chi connectivity index (χ1n) is 10.3. The van der Waals surface area contributed by atoms with Crippen molar-refractivity contribution >= 4 is 28.4 Å². The summed E-state index contributed by atoms with van der Waals surface area (Å²) in [4.78, 5) is 30.8. The summed E-state index contributed by atoms with van der Waals surface area (Å²) in [5, 5.41) is 3.78. The average molecular weight is 429 g/mol. The van der Waals surface area contributed by atoms with Crippen molar-refractivity contribution in [3.63, 3.8) is 0 Å². The fraction of sp³-hybridized carbons (Fsp3) is 0.240. The van der Waals surface area contributed by atoms with Gasteiger partial charge in [-0.3, -0.25) is 14.6 Å². The number of nitrogens with zero attached hydrogens (tertiary/aromatic N) is 2. The Labute approximate surface area is 186 Å². The number of ether oxygens (including phenoxy) is 2. The number of hydrogen-bond donors (Lipinski definition) is 1. The van der Waals surface area contributed by atoms with Crippen molar-refractivity contribution in [3.8, 4) is 23.3 Å². The first kappa shape index (κ1) is 21.2. The van der Waals surface area contributed by atoms with Gasteiger partial charge in [-0.2, -0.15) is 0 Å². The van der Waals surface area contributed by atoms with Crippen LogP contribution in [0.25, 0.3) is 10.9 Å². The van der Waals surface area contributed by atoms with Gasteiger partial charge in [0.1, 0.15) is 23.6 Å². The lowest BCUT2D eigenvalue weighted by Crippen LogP contribution is -2.33. The summed E-state index contributed by atoms with van der Waals surface area (Å²) in [7, 11) is 1.58. The first-order chi connectivity index (χ1) is 15.7. The number of carbonyl (C=O) groups is 2. The second-order valence-electron chi connectivity index (χ2n) is 7.30. The minimum atomic E-state index is -0.409. The summed E-state index contributed by atoms with van der Waals surface area (Å²) in [6.45, 7) is 0.722. The van der Waals surface area contributed by atoms with Gasteiger partial charge in [-0.25, -0.2) is 0 Å². The minimum absolute atomic E-state index is 0.0819. The number of methoxy groups -OCH3 is 1. The number of carbonyl (C=O) groups excluding carboxylic acids is 2. The molecule has 3 aromatic rings. The predicted molar refractivity (Wildman–Crippen MR) is 121 cm³/mol. The molecule has 2 aromatic carbocycles. The van der Waals surface area contributed by atoms with Crippen molar-refractivity contribution < 1.29 is 19.1 Å². The smallest absolute Gasteiger partial charge is 0.227 e. The Bertz CT molecular complexity index is 1190. The molecule has 2 heterocycles. The molecule has 0 radical (unpaired) electrons. The van der Waals surface area contributed by atoms with Gasteiger partial charge in [0.05, 0.1) is 19.6 Å². The standard InChI is InChI=1S/C25H23N3O4/c1-31-21-10-5-9-20(16-21)28-17-19(15-23(28)29)25(30)27-12-2-3-14-32-22-11-4-7-18-8-6-13-26-24(18)22/h4-11,13,16,19H,12,14-15,17H2,1H3,(H,27,30). The molecule has 162 valence electrons. The Balaban J connectivity index is 1.26. The molecule has 0 spiro atoms. The molecule has 1 aliphatic rings. The number of anilines is 1. The maximum absolute atomic E-state index is 12.5.